The van der Waals surface area contributed by atoms with Crippen molar-refractivity contribution in [1.29, 1.82) is 0 Å². The van der Waals surface area contributed by atoms with E-state index >= 15 is 0 Å². The highest BCUT2D eigenvalue weighted by molar-refractivity contribution is 5.97. The molecule has 4 heteroatoms. The standard InChI is InChI=1S/C22H32N2O2/c1-16-7-9-19(10-8-16)22(26)20-11-13-23(14-12-20)15-21(25)24-17(2)5-4-6-18(24)3/h7-10,17-18,20H,4-6,11-15H2,1-3H3. The molecule has 0 N–H and O–H groups in total. The van der Waals surface area contributed by atoms with Gasteiger partial charge in [0, 0.05) is 23.6 Å². The van der Waals surface area contributed by atoms with Crippen molar-refractivity contribution in [2.24, 2.45) is 5.92 Å². The molecule has 2 heterocycles. The molecule has 1 amide bonds. The molecule has 1 aromatic carbocycles. The van der Waals surface area contributed by atoms with Gasteiger partial charge in [-0.3, -0.25) is 14.5 Å². The van der Waals surface area contributed by atoms with E-state index in [4.69, 9.17) is 0 Å². The highest BCUT2D eigenvalue weighted by atomic mass is 16.2. The van der Waals surface area contributed by atoms with Gasteiger partial charge in [-0.05, 0) is 66.0 Å². The third-order valence-electron chi connectivity index (χ3n) is 6.13. The molecule has 0 saturated carbocycles. The van der Waals surface area contributed by atoms with Crippen LogP contribution in [-0.2, 0) is 4.79 Å². The molecular weight excluding hydrogens is 324 g/mol. The Balaban J connectivity index is 1.51. The Hall–Kier alpha value is -1.68. The van der Waals surface area contributed by atoms with Gasteiger partial charge in [-0.25, -0.2) is 0 Å². The number of likely N-dealkylation sites (tertiary alicyclic amines) is 2. The fourth-order valence-corrected chi connectivity index (χ4v) is 4.49. The van der Waals surface area contributed by atoms with Crippen molar-refractivity contribution in [2.75, 3.05) is 19.6 Å². The first-order valence-corrected chi connectivity index (χ1v) is 10.1. The molecule has 2 aliphatic heterocycles. The number of benzene rings is 1. The minimum atomic E-state index is 0.0943. The van der Waals surface area contributed by atoms with Crippen molar-refractivity contribution in [3.63, 3.8) is 0 Å². The molecule has 0 aromatic heterocycles. The Labute approximate surface area is 157 Å². The third-order valence-corrected chi connectivity index (χ3v) is 6.13. The van der Waals surface area contributed by atoms with E-state index in [0.29, 0.717) is 18.6 Å². The average Bonchev–Trinajstić information content (AvgIpc) is 2.62. The Bertz CT molecular complexity index is 622. The summed E-state index contributed by atoms with van der Waals surface area (Å²) in [6.45, 7) is 8.54. The molecule has 1 aromatic rings. The quantitative estimate of drug-likeness (QED) is 0.773. The van der Waals surface area contributed by atoms with Crippen LogP contribution in [0.4, 0.5) is 0 Å². The van der Waals surface area contributed by atoms with Gasteiger partial charge in [0.25, 0.3) is 0 Å². The lowest BCUT2D eigenvalue weighted by molar-refractivity contribution is -0.138. The fraction of sp³-hybridized carbons (Fsp3) is 0.636. The van der Waals surface area contributed by atoms with Crippen LogP contribution < -0.4 is 0 Å². The minimum absolute atomic E-state index is 0.0943. The summed E-state index contributed by atoms with van der Waals surface area (Å²) in [7, 11) is 0. The highest BCUT2D eigenvalue weighted by Crippen LogP contribution is 2.25. The lowest BCUT2D eigenvalue weighted by atomic mass is 9.88. The summed E-state index contributed by atoms with van der Waals surface area (Å²) in [5, 5.41) is 0. The van der Waals surface area contributed by atoms with E-state index in [1.807, 2.05) is 31.2 Å². The summed E-state index contributed by atoms with van der Waals surface area (Å²) < 4.78 is 0. The maximum Gasteiger partial charge on any atom is 0.237 e. The number of carbonyl (C=O) groups is 2. The van der Waals surface area contributed by atoms with E-state index in [9.17, 15) is 9.59 Å². The SMILES string of the molecule is Cc1ccc(C(=O)C2CCN(CC(=O)N3C(C)CCCC3C)CC2)cc1. The molecule has 2 atom stereocenters. The number of amides is 1. The van der Waals surface area contributed by atoms with Gasteiger partial charge >= 0.3 is 0 Å². The molecule has 0 spiro atoms. The van der Waals surface area contributed by atoms with E-state index in [2.05, 4.69) is 23.6 Å². The van der Waals surface area contributed by atoms with Gasteiger partial charge in [0.2, 0.25) is 5.91 Å². The number of Topliss-reactive ketones (excluding diaryl/α,β-unsaturated/α-hetero) is 1. The molecule has 0 aliphatic carbocycles. The molecule has 2 unspecified atom stereocenters. The van der Waals surface area contributed by atoms with Crippen LogP contribution in [0, 0.1) is 12.8 Å². The zero-order valence-electron chi connectivity index (χ0n) is 16.4. The molecule has 26 heavy (non-hydrogen) atoms. The van der Waals surface area contributed by atoms with Gasteiger partial charge in [-0.1, -0.05) is 29.8 Å². The molecule has 142 valence electrons. The second kappa shape index (κ2) is 8.34. The van der Waals surface area contributed by atoms with Gasteiger partial charge in [-0.15, -0.1) is 0 Å². The number of rotatable bonds is 4. The number of ketones is 1. The van der Waals surface area contributed by atoms with Crippen LogP contribution in [0.25, 0.3) is 0 Å². The van der Waals surface area contributed by atoms with Crippen molar-refractivity contribution in [3.05, 3.63) is 35.4 Å². The number of nitrogens with zero attached hydrogens (tertiary/aromatic N) is 2. The number of carbonyl (C=O) groups excluding carboxylic acids is 2. The van der Waals surface area contributed by atoms with E-state index in [-0.39, 0.29) is 17.6 Å². The van der Waals surface area contributed by atoms with E-state index in [1.165, 1.54) is 12.0 Å². The number of aryl methyl sites for hydroxylation is 1. The lowest BCUT2D eigenvalue weighted by Gasteiger charge is -2.41. The smallest absolute Gasteiger partial charge is 0.237 e. The van der Waals surface area contributed by atoms with Gasteiger partial charge in [0.05, 0.1) is 6.54 Å². The van der Waals surface area contributed by atoms with E-state index < -0.39 is 0 Å². The monoisotopic (exact) mass is 356 g/mol. The normalized spacial score (nSPS) is 25.3. The molecule has 2 aliphatic rings. The number of hydrogen-bond acceptors (Lipinski definition) is 3. The zero-order chi connectivity index (χ0) is 18.7. The number of piperidine rings is 2. The Kier molecular flexibility index (Phi) is 6.13. The summed E-state index contributed by atoms with van der Waals surface area (Å²) in [5.74, 6) is 0.610. The Morgan fingerprint density at radius 3 is 2.12 bits per heavy atom. The maximum absolute atomic E-state index is 12.8. The lowest BCUT2D eigenvalue weighted by Crippen LogP contribution is -2.52. The summed E-state index contributed by atoms with van der Waals surface area (Å²) in [6.07, 6.45) is 5.15. The van der Waals surface area contributed by atoms with Crippen LogP contribution in [0.2, 0.25) is 0 Å². The zero-order valence-corrected chi connectivity index (χ0v) is 16.4. The van der Waals surface area contributed by atoms with Crippen molar-refractivity contribution in [3.8, 4) is 0 Å². The maximum atomic E-state index is 12.8. The average molecular weight is 357 g/mol. The van der Waals surface area contributed by atoms with Crippen molar-refractivity contribution < 1.29 is 9.59 Å². The molecule has 2 saturated heterocycles. The number of hydrogen-bond donors (Lipinski definition) is 0. The van der Waals surface area contributed by atoms with Crippen LogP contribution in [0.5, 0.6) is 0 Å². The minimum Gasteiger partial charge on any atom is -0.336 e. The Morgan fingerprint density at radius 2 is 1.54 bits per heavy atom. The van der Waals surface area contributed by atoms with Crippen molar-refractivity contribution in [1.82, 2.24) is 9.80 Å². The summed E-state index contributed by atoms with van der Waals surface area (Å²) in [6, 6.07) is 8.59. The third kappa shape index (κ3) is 4.35. The van der Waals surface area contributed by atoms with Crippen LogP contribution in [-0.4, -0.2) is 53.2 Å². The van der Waals surface area contributed by atoms with Gasteiger partial charge in [0.15, 0.2) is 5.78 Å². The first kappa shape index (κ1) is 19.1. The fourth-order valence-electron chi connectivity index (χ4n) is 4.49. The van der Waals surface area contributed by atoms with Gasteiger partial charge < -0.3 is 4.90 Å². The van der Waals surface area contributed by atoms with E-state index in [0.717, 1.165) is 44.3 Å². The van der Waals surface area contributed by atoms with E-state index in [1.54, 1.807) is 0 Å². The molecule has 2 fully saturated rings. The van der Waals surface area contributed by atoms with Gasteiger partial charge in [-0.2, -0.15) is 0 Å². The van der Waals surface area contributed by atoms with Crippen LogP contribution in [0.15, 0.2) is 24.3 Å². The van der Waals surface area contributed by atoms with Crippen LogP contribution in [0.3, 0.4) is 0 Å². The highest BCUT2D eigenvalue weighted by Gasteiger charge is 2.31. The summed E-state index contributed by atoms with van der Waals surface area (Å²) in [4.78, 5) is 29.8. The molecule has 0 bridgehead atoms. The first-order valence-electron chi connectivity index (χ1n) is 10.1. The first-order chi connectivity index (χ1) is 12.5. The van der Waals surface area contributed by atoms with Crippen molar-refractivity contribution in [2.45, 2.75) is 65.0 Å². The van der Waals surface area contributed by atoms with Gasteiger partial charge in [0.1, 0.15) is 0 Å². The molecular formula is C22H32N2O2. The van der Waals surface area contributed by atoms with Crippen LogP contribution >= 0.6 is 0 Å². The predicted molar refractivity (Wildman–Crippen MR) is 104 cm³/mol. The largest absolute Gasteiger partial charge is 0.336 e. The second-order valence-corrected chi connectivity index (χ2v) is 8.21. The summed E-state index contributed by atoms with van der Waals surface area (Å²) >= 11 is 0. The topological polar surface area (TPSA) is 40.6 Å². The molecule has 0 radical (unpaired) electrons. The molecule has 3 rings (SSSR count). The molecule has 4 nitrogen and oxygen atoms in total. The predicted octanol–water partition coefficient (Wildman–Crippen LogP) is 3.68. The Morgan fingerprint density at radius 1 is 0.962 bits per heavy atom. The summed E-state index contributed by atoms with van der Waals surface area (Å²) in [5.41, 5.74) is 2.00. The van der Waals surface area contributed by atoms with Crippen LogP contribution in [0.1, 0.15) is 61.9 Å². The van der Waals surface area contributed by atoms with Crippen molar-refractivity contribution >= 4 is 11.7 Å². The second-order valence-electron chi connectivity index (χ2n) is 8.21.